The van der Waals surface area contributed by atoms with Crippen molar-refractivity contribution in [2.24, 2.45) is 5.92 Å². The quantitative estimate of drug-likeness (QED) is 0.795. The molecule has 106 valence electrons. The van der Waals surface area contributed by atoms with Gasteiger partial charge in [-0.1, -0.05) is 12.1 Å². The lowest BCUT2D eigenvalue weighted by molar-refractivity contribution is 0.206. The zero-order chi connectivity index (χ0) is 13.5. The molecule has 1 saturated heterocycles. The Morgan fingerprint density at radius 2 is 2.32 bits per heavy atom. The van der Waals surface area contributed by atoms with E-state index in [1.165, 1.54) is 31.5 Å². The molecule has 0 bridgehead atoms. The summed E-state index contributed by atoms with van der Waals surface area (Å²) in [5.74, 6) is 1.77. The minimum absolute atomic E-state index is 0.823. The number of nitrogens with zero attached hydrogens (tertiary/aromatic N) is 1. The molecular formula is C16H26N2O. The molecule has 0 radical (unpaired) electrons. The predicted molar refractivity (Wildman–Crippen MR) is 79.8 cm³/mol. The van der Waals surface area contributed by atoms with E-state index in [-0.39, 0.29) is 0 Å². The summed E-state index contributed by atoms with van der Waals surface area (Å²) in [6.45, 7) is 4.70. The van der Waals surface area contributed by atoms with Gasteiger partial charge >= 0.3 is 0 Å². The first-order chi connectivity index (χ1) is 9.28. The number of nitrogens with one attached hydrogen (secondary N) is 1. The van der Waals surface area contributed by atoms with Crippen LogP contribution in [-0.4, -0.2) is 45.2 Å². The van der Waals surface area contributed by atoms with Crippen molar-refractivity contribution in [2.45, 2.75) is 19.3 Å². The van der Waals surface area contributed by atoms with Gasteiger partial charge in [0.15, 0.2) is 0 Å². The molecule has 1 heterocycles. The van der Waals surface area contributed by atoms with Gasteiger partial charge in [0.1, 0.15) is 5.75 Å². The average molecular weight is 262 g/mol. The van der Waals surface area contributed by atoms with E-state index in [9.17, 15) is 0 Å². The average Bonchev–Trinajstić information content (AvgIpc) is 2.44. The molecule has 0 amide bonds. The van der Waals surface area contributed by atoms with Gasteiger partial charge < -0.3 is 15.0 Å². The summed E-state index contributed by atoms with van der Waals surface area (Å²) in [7, 11) is 3.94. The summed E-state index contributed by atoms with van der Waals surface area (Å²) in [6.07, 6.45) is 3.79. The van der Waals surface area contributed by atoms with Crippen LogP contribution >= 0.6 is 0 Å². The molecule has 1 atom stereocenters. The Kier molecular flexibility index (Phi) is 5.67. The van der Waals surface area contributed by atoms with Crippen LogP contribution in [0.4, 0.5) is 0 Å². The highest BCUT2D eigenvalue weighted by Crippen LogP contribution is 2.14. The Bertz CT molecular complexity index is 381. The predicted octanol–water partition coefficient (Wildman–Crippen LogP) is 2.17. The zero-order valence-corrected chi connectivity index (χ0v) is 12.2. The van der Waals surface area contributed by atoms with Crippen LogP contribution in [0.1, 0.15) is 18.4 Å². The molecule has 1 aromatic rings. The van der Waals surface area contributed by atoms with Crippen LogP contribution < -0.4 is 10.1 Å². The Morgan fingerprint density at radius 1 is 1.42 bits per heavy atom. The van der Waals surface area contributed by atoms with Crippen molar-refractivity contribution in [2.75, 3.05) is 40.3 Å². The molecule has 1 fully saturated rings. The van der Waals surface area contributed by atoms with Crippen LogP contribution in [0.25, 0.3) is 0 Å². The second-order valence-corrected chi connectivity index (χ2v) is 5.58. The second kappa shape index (κ2) is 7.51. The lowest BCUT2D eigenvalue weighted by Gasteiger charge is -2.29. The molecule has 2 rings (SSSR count). The van der Waals surface area contributed by atoms with Gasteiger partial charge in [0.05, 0.1) is 7.11 Å². The lowest BCUT2D eigenvalue weighted by atomic mass is 9.98. The zero-order valence-electron chi connectivity index (χ0n) is 12.2. The fourth-order valence-corrected chi connectivity index (χ4v) is 2.81. The van der Waals surface area contributed by atoms with E-state index < -0.39 is 0 Å². The van der Waals surface area contributed by atoms with Crippen molar-refractivity contribution in [1.82, 2.24) is 10.2 Å². The summed E-state index contributed by atoms with van der Waals surface area (Å²) in [5, 5.41) is 3.59. The van der Waals surface area contributed by atoms with Crippen molar-refractivity contribution in [1.29, 1.82) is 0 Å². The maximum atomic E-state index is 5.24. The van der Waals surface area contributed by atoms with Crippen molar-refractivity contribution in [3.63, 3.8) is 0 Å². The molecule has 3 heteroatoms. The molecule has 1 N–H and O–H groups in total. The van der Waals surface area contributed by atoms with E-state index in [2.05, 4.69) is 35.5 Å². The molecule has 19 heavy (non-hydrogen) atoms. The fraction of sp³-hybridized carbons (Fsp3) is 0.625. The van der Waals surface area contributed by atoms with Gasteiger partial charge in [0, 0.05) is 6.54 Å². The van der Waals surface area contributed by atoms with E-state index in [1.807, 2.05) is 6.07 Å². The van der Waals surface area contributed by atoms with Crippen molar-refractivity contribution in [3.05, 3.63) is 29.8 Å². The normalized spacial score (nSPS) is 20.4. The maximum absolute atomic E-state index is 5.24. The standard InChI is InChI=1S/C16H26N2O/c1-18-10-4-6-15(13-18)12-17-9-8-14-5-3-7-16(11-14)19-2/h3,5,7,11,15,17H,4,6,8-10,12-13H2,1-2H3. The molecule has 1 aliphatic rings. The first-order valence-corrected chi connectivity index (χ1v) is 7.30. The van der Waals surface area contributed by atoms with Crippen LogP contribution in [0.3, 0.4) is 0 Å². The number of hydrogen-bond acceptors (Lipinski definition) is 3. The first kappa shape index (κ1) is 14.4. The molecule has 0 aromatic heterocycles. The molecule has 1 aliphatic heterocycles. The minimum atomic E-state index is 0.823. The van der Waals surface area contributed by atoms with Crippen molar-refractivity contribution in [3.8, 4) is 5.75 Å². The molecule has 3 nitrogen and oxygen atoms in total. The van der Waals surface area contributed by atoms with Crippen LogP contribution in [0.2, 0.25) is 0 Å². The number of ether oxygens (including phenoxy) is 1. The van der Waals surface area contributed by atoms with Crippen molar-refractivity contribution >= 4 is 0 Å². The summed E-state index contributed by atoms with van der Waals surface area (Å²) in [4.78, 5) is 2.44. The summed E-state index contributed by atoms with van der Waals surface area (Å²) in [5.41, 5.74) is 1.34. The van der Waals surface area contributed by atoms with Crippen LogP contribution in [0.5, 0.6) is 5.75 Å². The molecule has 0 saturated carbocycles. The highest BCUT2D eigenvalue weighted by Gasteiger charge is 2.16. The van der Waals surface area contributed by atoms with Gasteiger partial charge in [-0.2, -0.15) is 0 Å². The Morgan fingerprint density at radius 3 is 3.11 bits per heavy atom. The minimum Gasteiger partial charge on any atom is -0.497 e. The Balaban J connectivity index is 1.66. The highest BCUT2D eigenvalue weighted by molar-refractivity contribution is 5.28. The monoisotopic (exact) mass is 262 g/mol. The molecule has 0 spiro atoms. The Hall–Kier alpha value is -1.06. The fourth-order valence-electron chi connectivity index (χ4n) is 2.81. The van der Waals surface area contributed by atoms with Crippen LogP contribution in [-0.2, 0) is 6.42 Å². The van der Waals surface area contributed by atoms with E-state index in [1.54, 1.807) is 7.11 Å². The number of methoxy groups -OCH3 is 1. The van der Waals surface area contributed by atoms with Crippen molar-refractivity contribution < 1.29 is 4.74 Å². The third-order valence-corrected chi connectivity index (χ3v) is 3.88. The topological polar surface area (TPSA) is 24.5 Å². The van der Waals surface area contributed by atoms with Gasteiger partial charge in [0.2, 0.25) is 0 Å². The first-order valence-electron chi connectivity index (χ1n) is 7.30. The SMILES string of the molecule is COc1cccc(CCNCC2CCCN(C)C2)c1. The summed E-state index contributed by atoms with van der Waals surface area (Å²) in [6, 6.07) is 8.34. The van der Waals surface area contributed by atoms with E-state index in [4.69, 9.17) is 4.74 Å². The van der Waals surface area contributed by atoms with Crippen LogP contribution in [0.15, 0.2) is 24.3 Å². The smallest absolute Gasteiger partial charge is 0.119 e. The number of benzene rings is 1. The van der Waals surface area contributed by atoms with E-state index in [0.29, 0.717) is 0 Å². The highest BCUT2D eigenvalue weighted by atomic mass is 16.5. The molecular weight excluding hydrogens is 236 g/mol. The van der Waals surface area contributed by atoms with E-state index >= 15 is 0 Å². The Labute approximate surface area is 116 Å². The number of likely N-dealkylation sites (tertiary alicyclic amines) is 1. The molecule has 1 aromatic carbocycles. The van der Waals surface area contributed by atoms with E-state index in [0.717, 1.165) is 31.2 Å². The largest absolute Gasteiger partial charge is 0.497 e. The number of piperidine rings is 1. The summed E-state index contributed by atoms with van der Waals surface area (Å²) >= 11 is 0. The lowest BCUT2D eigenvalue weighted by Crippen LogP contribution is -2.37. The van der Waals surface area contributed by atoms with Gasteiger partial charge in [0.25, 0.3) is 0 Å². The van der Waals surface area contributed by atoms with Gasteiger partial charge in [-0.25, -0.2) is 0 Å². The molecule has 1 unspecified atom stereocenters. The third-order valence-electron chi connectivity index (χ3n) is 3.88. The maximum Gasteiger partial charge on any atom is 0.119 e. The van der Waals surface area contributed by atoms with Gasteiger partial charge in [-0.15, -0.1) is 0 Å². The van der Waals surface area contributed by atoms with Crippen LogP contribution in [0, 0.1) is 5.92 Å². The second-order valence-electron chi connectivity index (χ2n) is 5.58. The van der Waals surface area contributed by atoms with Gasteiger partial charge in [-0.3, -0.25) is 0 Å². The number of hydrogen-bond donors (Lipinski definition) is 1. The number of rotatable bonds is 6. The summed E-state index contributed by atoms with van der Waals surface area (Å²) < 4.78 is 5.24. The third kappa shape index (κ3) is 4.84. The van der Waals surface area contributed by atoms with Gasteiger partial charge in [-0.05, 0) is 69.6 Å². The molecule has 0 aliphatic carbocycles.